The highest BCUT2D eigenvalue weighted by Crippen LogP contribution is 2.31. The van der Waals surface area contributed by atoms with Crippen molar-refractivity contribution >= 4 is 39.1 Å². The molecule has 0 saturated heterocycles. The molecule has 1 aliphatic heterocycles. The Hall–Kier alpha value is -1.21. The number of rotatable bonds is 6. The number of sulfonamides is 1. The summed E-state index contributed by atoms with van der Waals surface area (Å²) in [4.78, 5) is 3.60. The van der Waals surface area contributed by atoms with Gasteiger partial charge in [-0.3, -0.25) is 0 Å². The summed E-state index contributed by atoms with van der Waals surface area (Å²) in [6, 6.07) is 13.0. The van der Waals surface area contributed by atoms with Crippen molar-refractivity contribution < 1.29 is 8.42 Å². The number of primary sulfonamides is 1. The van der Waals surface area contributed by atoms with E-state index in [9.17, 15) is 8.42 Å². The van der Waals surface area contributed by atoms with Gasteiger partial charge in [-0.15, -0.1) is 11.8 Å². The Balaban J connectivity index is 1.56. The first-order chi connectivity index (χ1) is 11.4. The third-order valence-electron chi connectivity index (χ3n) is 4.04. The van der Waals surface area contributed by atoms with Gasteiger partial charge < -0.3 is 4.90 Å². The van der Waals surface area contributed by atoms with E-state index in [1.807, 2.05) is 30.3 Å². The lowest BCUT2D eigenvalue weighted by molar-refractivity contribution is 0.597. The average Bonchev–Trinajstić information content (AvgIpc) is 2.95. The third kappa shape index (κ3) is 4.06. The molecule has 2 N–H and O–H groups in total. The van der Waals surface area contributed by atoms with Crippen molar-refractivity contribution in [1.82, 2.24) is 0 Å². The minimum absolute atomic E-state index is 0.192. The fourth-order valence-corrected chi connectivity index (χ4v) is 4.59. The zero-order valence-electron chi connectivity index (χ0n) is 13.1. The zero-order chi connectivity index (χ0) is 17.2. The number of nitrogens with zero attached hydrogens (tertiary/aromatic N) is 1. The molecule has 0 aromatic heterocycles. The Morgan fingerprint density at radius 3 is 2.75 bits per heavy atom. The van der Waals surface area contributed by atoms with E-state index in [0.717, 1.165) is 52.9 Å². The molecule has 0 unspecified atom stereocenters. The van der Waals surface area contributed by atoms with Crippen LogP contribution in [0.5, 0.6) is 0 Å². The fraction of sp³-hybridized carbons (Fsp3) is 0.294. The molecule has 0 amide bonds. The molecule has 4 nitrogen and oxygen atoms in total. The summed E-state index contributed by atoms with van der Waals surface area (Å²) in [7, 11) is -3.63. The van der Waals surface area contributed by atoms with Crippen molar-refractivity contribution in [2.24, 2.45) is 5.14 Å². The molecule has 128 valence electrons. The quantitative estimate of drug-likeness (QED) is 0.613. The van der Waals surface area contributed by atoms with Gasteiger partial charge in [0.1, 0.15) is 0 Å². The standard InChI is InChI=1S/C17H19ClN2O2S2/c18-15-4-1-2-5-17(15)23-11-3-9-20-10-8-13-12-14(24(19,21)22)6-7-16(13)20/h1-2,4-7,12H,3,8-11H2,(H2,19,21,22). The summed E-state index contributed by atoms with van der Waals surface area (Å²) in [6.45, 7) is 1.86. The molecule has 0 saturated carbocycles. The van der Waals surface area contributed by atoms with E-state index in [4.69, 9.17) is 16.7 Å². The summed E-state index contributed by atoms with van der Waals surface area (Å²) >= 11 is 7.92. The number of hydrogen-bond donors (Lipinski definition) is 1. The lowest BCUT2D eigenvalue weighted by Gasteiger charge is -2.19. The second-order valence-electron chi connectivity index (χ2n) is 5.71. The van der Waals surface area contributed by atoms with E-state index >= 15 is 0 Å². The van der Waals surface area contributed by atoms with Crippen LogP contribution in [-0.4, -0.2) is 27.3 Å². The molecule has 0 radical (unpaired) electrons. The van der Waals surface area contributed by atoms with E-state index in [2.05, 4.69) is 4.90 Å². The van der Waals surface area contributed by atoms with E-state index in [0.29, 0.717) is 0 Å². The van der Waals surface area contributed by atoms with Crippen LogP contribution in [0.1, 0.15) is 12.0 Å². The Bertz CT molecular complexity index is 840. The molecular weight excluding hydrogens is 364 g/mol. The molecule has 0 aliphatic carbocycles. The number of anilines is 1. The number of fused-ring (bicyclic) bond motifs is 1. The molecule has 24 heavy (non-hydrogen) atoms. The topological polar surface area (TPSA) is 63.4 Å². The molecule has 3 rings (SSSR count). The van der Waals surface area contributed by atoms with Gasteiger partial charge in [0.05, 0.1) is 9.92 Å². The minimum atomic E-state index is -3.63. The SMILES string of the molecule is NS(=O)(=O)c1ccc2c(c1)CCN2CCCSc1ccccc1Cl. The maximum absolute atomic E-state index is 11.4. The highest BCUT2D eigenvalue weighted by molar-refractivity contribution is 7.99. The van der Waals surface area contributed by atoms with Crippen LogP contribution in [0.2, 0.25) is 5.02 Å². The summed E-state index contributed by atoms with van der Waals surface area (Å²) < 4.78 is 22.9. The summed E-state index contributed by atoms with van der Waals surface area (Å²) in [6.07, 6.45) is 1.89. The molecular formula is C17H19ClN2O2S2. The van der Waals surface area contributed by atoms with Crippen LogP contribution >= 0.6 is 23.4 Å². The van der Waals surface area contributed by atoms with Crippen LogP contribution in [0.15, 0.2) is 52.3 Å². The lowest BCUT2D eigenvalue weighted by Crippen LogP contribution is -2.22. The average molecular weight is 383 g/mol. The van der Waals surface area contributed by atoms with E-state index < -0.39 is 10.0 Å². The molecule has 2 aromatic rings. The van der Waals surface area contributed by atoms with Gasteiger partial charge in [-0.2, -0.15) is 0 Å². The first-order valence-electron chi connectivity index (χ1n) is 7.73. The normalized spacial score (nSPS) is 14.0. The molecule has 0 atom stereocenters. The number of benzene rings is 2. The van der Waals surface area contributed by atoms with Gasteiger partial charge in [0.25, 0.3) is 0 Å². The van der Waals surface area contributed by atoms with Gasteiger partial charge in [-0.05, 0) is 54.5 Å². The second kappa shape index (κ2) is 7.35. The summed E-state index contributed by atoms with van der Waals surface area (Å²) in [5, 5.41) is 5.99. The van der Waals surface area contributed by atoms with Crippen molar-refractivity contribution in [3.63, 3.8) is 0 Å². The maximum atomic E-state index is 11.4. The van der Waals surface area contributed by atoms with Gasteiger partial charge >= 0.3 is 0 Å². The molecule has 0 fully saturated rings. The van der Waals surface area contributed by atoms with Crippen molar-refractivity contribution in [2.45, 2.75) is 22.6 Å². The van der Waals surface area contributed by atoms with E-state index in [1.54, 1.807) is 23.9 Å². The molecule has 0 spiro atoms. The van der Waals surface area contributed by atoms with Gasteiger partial charge in [-0.25, -0.2) is 13.6 Å². The fourth-order valence-electron chi connectivity index (χ4n) is 2.86. The zero-order valence-corrected chi connectivity index (χ0v) is 15.5. The van der Waals surface area contributed by atoms with Crippen molar-refractivity contribution in [2.75, 3.05) is 23.7 Å². The molecule has 2 aromatic carbocycles. The summed E-state index contributed by atoms with van der Waals surface area (Å²) in [5.41, 5.74) is 2.17. The van der Waals surface area contributed by atoms with Gasteiger partial charge in [-0.1, -0.05) is 23.7 Å². The van der Waals surface area contributed by atoms with Crippen molar-refractivity contribution in [1.29, 1.82) is 0 Å². The van der Waals surface area contributed by atoms with Crippen molar-refractivity contribution in [3.8, 4) is 0 Å². The summed E-state index contributed by atoms with van der Waals surface area (Å²) in [5.74, 6) is 0.991. The first-order valence-corrected chi connectivity index (χ1v) is 10.6. The van der Waals surface area contributed by atoms with E-state index in [1.165, 1.54) is 0 Å². The highest BCUT2D eigenvalue weighted by atomic mass is 35.5. The molecule has 1 heterocycles. The van der Waals surface area contributed by atoms with Crippen LogP contribution in [-0.2, 0) is 16.4 Å². The Morgan fingerprint density at radius 1 is 1.21 bits per heavy atom. The van der Waals surface area contributed by atoms with Crippen LogP contribution < -0.4 is 10.0 Å². The van der Waals surface area contributed by atoms with Gasteiger partial charge in [0.2, 0.25) is 10.0 Å². The Kier molecular flexibility index (Phi) is 5.39. The second-order valence-corrected chi connectivity index (χ2v) is 8.81. The van der Waals surface area contributed by atoms with Crippen LogP contribution in [0.25, 0.3) is 0 Å². The van der Waals surface area contributed by atoms with Crippen LogP contribution in [0.4, 0.5) is 5.69 Å². The largest absolute Gasteiger partial charge is 0.371 e. The molecule has 7 heteroatoms. The number of nitrogens with two attached hydrogens (primary N) is 1. The molecule has 1 aliphatic rings. The maximum Gasteiger partial charge on any atom is 0.238 e. The van der Waals surface area contributed by atoms with E-state index in [-0.39, 0.29) is 4.90 Å². The van der Waals surface area contributed by atoms with Gasteiger partial charge in [0.15, 0.2) is 0 Å². The predicted molar refractivity (Wildman–Crippen MR) is 101 cm³/mol. The smallest absolute Gasteiger partial charge is 0.238 e. The minimum Gasteiger partial charge on any atom is -0.371 e. The Morgan fingerprint density at radius 2 is 2.00 bits per heavy atom. The van der Waals surface area contributed by atoms with Crippen LogP contribution in [0.3, 0.4) is 0 Å². The number of thioether (sulfide) groups is 1. The van der Waals surface area contributed by atoms with Crippen molar-refractivity contribution in [3.05, 3.63) is 53.1 Å². The first kappa shape index (κ1) is 17.6. The number of halogens is 1. The number of hydrogen-bond acceptors (Lipinski definition) is 4. The third-order valence-corrected chi connectivity index (χ3v) is 6.55. The molecule has 0 bridgehead atoms. The van der Waals surface area contributed by atoms with Gasteiger partial charge in [0, 0.05) is 23.7 Å². The lowest BCUT2D eigenvalue weighted by atomic mass is 10.2. The predicted octanol–water partition coefficient (Wildman–Crippen LogP) is 3.53. The highest BCUT2D eigenvalue weighted by Gasteiger charge is 2.20. The Labute approximate surface area is 152 Å². The monoisotopic (exact) mass is 382 g/mol. The van der Waals surface area contributed by atoms with Crippen LogP contribution in [0, 0.1) is 0 Å².